The Bertz CT molecular complexity index is 1350. The standard InChI is InChI=1S/C34H42N2O4/c1-6-36(21(2)3)20-28-17-25(26-15-16-35-32(19-26)39-5)11-13-29(28)30-14-12-23-7-10-27(18-31(23)40-30)33(24-8-9-24)22(4)34(37)38/h7,10-11,13,15-19,21-22,24,30,33H,6,8-9,12,14,20H2,1-5H3,(H,37,38)/t22-,30?,33-/m0/s1. The highest BCUT2D eigenvalue weighted by Gasteiger charge is 2.39. The highest BCUT2D eigenvalue weighted by atomic mass is 16.5. The average Bonchev–Trinajstić information content (AvgIpc) is 3.80. The second-order valence-corrected chi connectivity index (χ2v) is 11.7. The van der Waals surface area contributed by atoms with Crippen molar-refractivity contribution >= 4 is 5.97 Å². The van der Waals surface area contributed by atoms with Crippen LogP contribution in [0.5, 0.6) is 11.6 Å². The third-order valence-corrected chi connectivity index (χ3v) is 8.76. The normalized spacial score (nSPS) is 18.2. The second kappa shape index (κ2) is 12.0. The van der Waals surface area contributed by atoms with Crippen LogP contribution in [-0.4, -0.2) is 40.7 Å². The number of carboxylic acids is 1. The first-order valence-corrected chi connectivity index (χ1v) is 14.7. The van der Waals surface area contributed by atoms with Gasteiger partial charge in [0.2, 0.25) is 5.88 Å². The third-order valence-electron chi connectivity index (χ3n) is 8.76. The number of pyridine rings is 1. The third kappa shape index (κ3) is 6.02. The predicted molar refractivity (Wildman–Crippen MR) is 158 cm³/mol. The van der Waals surface area contributed by atoms with Crippen LogP contribution in [0.3, 0.4) is 0 Å². The molecule has 0 spiro atoms. The van der Waals surface area contributed by atoms with E-state index in [9.17, 15) is 9.90 Å². The number of hydrogen-bond donors (Lipinski definition) is 1. The molecule has 1 N–H and O–H groups in total. The van der Waals surface area contributed by atoms with Crippen molar-refractivity contribution in [3.63, 3.8) is 0 Å². The minimum Gasteiger partial charge on any atom is -0.485 e. The van der Waals surface area contributed by atoms with Crippen LogP contribution in [0.25, 0.3) is 11.1 Å². The Kier molecular flexibility index (Phi) is 8.46. The number of ether oxygens (including phenoxy) is 2. The number of methoxy groups -OCH3 is 1. The Morgan fingerprint density at radius 1 is 1.07 bits per heavy atom. The predicted octanol–water partition coefficient (Wildman–Crippen LogP) is 7.27. The van der Waals surface area contributed by atoms with Gasteiger partial charge in [-0.05, 0) is 109 Å². The van der Waals surface area contributed by atoms with E-state index < -0.39 is 11.9 Å². The lowest BCUT2D eigenvalue weighted by Gasteiger charge is -2.32. The summed E-state index contributed by atoms with van der Waals surface area (Å²) in [6, 6.07) is 17.5. The second-order valence-electron chi connectivity index (χ2n) is 11.7. The van der Waals surface area contributed by atoms with Gasteiger partial charge >= 0.3 is 5.97 Å². The van der Waals surface area contributed by atoms with Crippen LogP contribution in [0.2, 0.25) is 0 Å². The first-order chi connectivity index (χ1) is 19.3. The molecule has 6 nitrogen and oxygen atoms in total. The Morgan fingerprint density at radius 2 is 1.85 bits per heavy atom. The fourth-order valence-electron chi connectivity index (χ4n) is 6.21. The number of benzene rings is 2. The molecule has 2 aromatic carbocycles. The van der Waals surface area contributed by atoms with E-state index in [1.54, 1.807) is 13.3 Å². The lowest BCUT2D eigenvalue weighted by molar-refractivity contribution is -0.142. The summed E-state index contributed by atoms with van der Waals surface area (Å²) in [4.78, 5) is 18.6. The number of aromatic nitrogens is 1. The molecule has 5 rings (SSSR count). The topological polar surface area (TPSA) is 71.9 Å². The Hall–Kier alpha value is -3.38. The van der Waals surface area contributed by atoms with E-state index in [1.165, 1.54) is 16.7 Å². The van der Waals surface area contributed by atoms with Gasteiger partial charge in [0.1, 0.15) is 11.9 Å². The quantitative estimate of drug-likeness (QED) is 0.275. The summed E-state index contributed by atoms with van der Waals surface area (Å²) in [6.45, 7) is 10.3. The molecule has 1 unspecified atom stereocenters. The summed E-state index contributed by atoms with van der Waals surface area (Å²) >= 11 is 0. The summed E-state index contributed by atoms with van der Waals surface area (Å²) in [5.74, 6) is 0.851. The minimum atomic E-state index is -0.726. The van der Waals surface area contributed by atoms with Crippen molar-refractivity contribution in [1.29, 1.82) is 0 Å². The molecule has 1 saturated carbocycles. The smallest absolute Gasteiger partial charge is 0.306 e. The highest BCUT2D eigenvalue weighted by molar-refractivity contribution is 5.71. The molecule has 1 fully saturated rings. The largest absolute Gasteiger partial charge is 0.485 e. The summed E-state index contributed by atoms with van der Waals surface area (Å²) in [5.41, 5.74) is 6.99. The molecule has 3 aromatic rings. The van der Waals surface area contributed by atoms with E-state index in [0.29, 0.717) is 17.8 Å². The van der Waals surface area contributed by atoms with E-state index in [4.69, 9.17) is 9.47 Å². The van der Waals surface area contributed by atoms with Gasteiger partial charge in [0.25, 0.3) is 0 Å². The first-order valence-electron chi connectivity index (χ1n) is 14.7. The van der Waals surface area contributed by atoms with Crippen molar-refractivity contribution in [1.82, 2.24) is 9.88 Å². The van der Waals surface area contributed by atoms with Gasteiger partial charge in [-0.3, -0.25) is 9.69 Å². The van der Waals surface area contributed by atoms with Crippen molar-refractivity contribution < 1.29 is 19.4 Å². The van der Waals surface area contributed by atoms with Gasteiger partial charge in [0.15, 0.2) is 0 Å². The molecule has 0 bridgehead atoms. The molecule has 40 heavy (non-hydrogen) atoms. The minimum absolute atomic E-state index is 0.0307. The van der Waals surface area contributed by atoms with Crippen molar-refractivity contribution in [2.75, 3.05) is 13.7 Å². The van der Waals surface area contributed by atoms with E-state index in [2.05, 4.69) is 67.1 Å². The number of nitrogens with zero attached hydrogens (tertiary/aromatic N) is 2. The lowest BCUT2D eigenvalue weighted by atomic mass is 9.82. The number of hydrogen-bond acceptors (Lipinski definition) is 5. The zero-order valence-electron chi connectivity index (χ0n) is 24.4. The number of aryl methyl sites for hydroxylation is 1. The van der Waals surface area contributed by atoms with E-state index in [0.717, 1.165) is 61.2 Å². The van der Waals surface area contributed by atoms with Gasteiger partial charge in [0, 0.05) is 24.8 Å². The maximum atomic E-state index is 11.9. The van der Waals surface area contributed by atoms with E-state index >= 15 is 0 Å². The summed E-state index contributed by atoms with van der Waals surface area (Å²) in [6.07, 6.45) is 5.78. The maximum Gasteiger partial charge on any atom is 0.306 e. The van der Waals surface area contributed by atoms with Gasteiger partial charge in [-0.15, -0.1) is 0 Å². The Morgan fingerprint density at radius 3 is 2.52 bits per heavy atom. The van der Waals surface area contributed by atoms with Crippen LogP contribution in [0, 0.1) is 11.8 Å². The first kappa shape index (κ1) is 28.2. The average molecular weight is 543 g/mol. The van der Waals surface area contributed by atoms with Crippen LogP contribution < -0.4 is 9.47 Å². The molecular formula is C34H42N2O4. The number of aliphatic carboxylic acids is 1. The van der Waals surface area contributed by atoms with Crippen molar-refractivity contribution in [3.8, 4) is 22.8 Å². The summed E-state index contributed by atoms with van der Waals surface area (Å²) < 4.78 is 12.1. The highest BCUT2D eigenvalue weighted by Crippen LogP contribution is 2.48. The van der Waals surface area contributed by atoms with Crippen molar-refractivity contribution in [3.05, 3.63) is 77.0 Å². The van der Waals surface area contributed by atoms with Gasteiger partial charge in [-0.1, -0.05) is 38.1 Å². The molecule has 3 atom stereocenters. The Balaban J connectivity index is 1.48. The van der Waals surface area contributed by atoms with Crippen LogP contribution in [-0.2, 0) is 17.8 Å². The molecule has 0 saturated heterocycles. The molecule has 2 aliphatic rings. The van der Waals surface area contributed by atoms with Crippen LogP contribution in [0.15, 0.2) is 54.7 Å². The molecule has 1 aromatic heterocycles. The van der Waals surface area contributed by atoms with Gasteiger partial charge in [-0.25, -0.2) is 4.98 Å². The van der Waals surface area contributed by atoms with Gasteiger partial charge < -0.3 is 14.6 Å². The number of rotatable bonds is 11. The molecule has 6 heteroatoms. The fraction of sp³-hybridized carbons (Fsp3) is 0.471. The molecule has 2 heterocycles. The fourth-order valence-corrected chi connectivity index (χ4v) is 6.21. The molecule has 1 aliphatic heterocycles. The molecule has 1 aliphatic carbocycles. The number of carbonyl (C=O) groups is 1. The molecule has 212 valence electrons. The van der Waals surface area contributed by atoms with Crippen LogP contribution in [0.4, 0.5) is 0 Å². The molecule has 0 amide bonds. The zero-order valence-corrected chi connectivity index (χ0v) is 24.4. The van der Waals surface area contributed by atoms with Crippen molar-refractivity contribution in [2.24, 2.45) is 11.8 Å². The van der Waals surface area contributed by atoms with Gasteiger partial charge in [-0.2, -0.15) is 0 Å². The Labute approximate surface area is 238 Å². The van der Waals surface area contributed by atoms with E-state index in [-0.39, 0.29) is 12.0 Å². The summed E-state index contributed by atoms with van der Waals surface area (Å²) in [7, 11) is 1.64. The van der Waals surface area contributed by atoms with Gasteiger partial charge in [0.05, 0.1) is 13.0 Å². The molecular weight excluding hydrogens is 500 g/mol. The van der Waals surface area contributed by atoms with E-state index in [1.807, 2.05) is 19.1 Å². The lowest BCUT2D eigenvalue weighted by Crippen LogP contribution is -2.31. The molecule has 0 radical (unpaired) electrons. The number of fused-ring (bicyclic) bond motifs is 1. The monoisotopic (exact) mass is 542 g/mol. The SMILES string of the molecule is CCN(Cc1cc(-c2ccnc(OC)c2)ccc1C1CCc2ccc([C@H](C3CC3)[C@H](C)C(=O)O)cc2O1)C(C)C. The van der Waals surface area contributed by atoms with Crippen molar-refractivity contribution in [2.45, 2.75) is 78.0 Å². The zero-order chi connectivity index (χ0) is 28.4. The van der Waals surface area contributed by atoms with Crippen LogP contribution >= 0.6 is 0 Å². The summed E-state index contributed by atoms with van der Waals surface area (Å²) in [5, 5.41) is 9.77. The number of carboxylic acid groups (broad SMARTS) is 1. The maximum absolute atomic E-state index is 11.9. The van der Waals surface area contributed by atoms with Crippen LogP contribution in [0.1, 0.15) is 81.2 Å².